The molecule has 0 saturated heterocycles. The number of hydrogen-bond donors (Lipinski definition) is 2. The van der Waals surface area contributed by atoms with E-state index < -0.39 is 0 Å². The minimum Gasteiger partial charge on any atom is -0.324 e. The second kappa shape index (κ2) is 5.17. The van der Waals surface area contributed by atoms with Crippen molar-refractivity contribution in [2.45, 2.75) is 19.8 Å². The molecule has 68 valence electrons. The third-order valence-electron chi connectivity index (χ3n) is 1.72. The number of nitrogen functional groups attached to an aromatic ring is 1. The molecule has 0 unspecified atom stereocenters. The molecule has 0 atom stereocenters. The lowest BCUT2D eigenvalue weighted by Crippen LogP contribution is -2.06. The molecule has 0 bridgehead atoms. The Morgan fingerprint density at radius 2 is 2.00 bits per heavy atom. The summed E-state index contributed by atoms with van der Waals surface area (Å²) in [5, 5.41) is 0. The minimum absolute atomic E-state index is 0. The zero-order valence-electron chi connectivity index (χ0n) is 7.37. The van der Waals surface area contributed by atoms with Gasteiger partial charge in [-0.1, -0.05) is 26.0 Å². The van der Waals surface area contributed by atoms with Gasteiger partial charge in [0.15, 0.2) is 0 Å². The van der Waals surface area contributed by atoms with Crippen LogP contribution in [0.25, 0.3) is 0 Å². The highest BCUT2D eigenvalue weighted by Gasteiger charge is 1.97. The summed E-state index contributed by atoms with van der Waals surface area (Å²) < 4.78 is 0. The Labute approximate surface area is 83.9 Å². The van der Waals surface area contributed by atoms with Crippen molar-refractivity contribution in [3.63, 3.8) is 0 Å². The first-order valence-electron chi connectivity index (χ1n) is 3.80. The third kappa shape index (κ3) is 2.83. The molecule has 3 heteroatoms. The highest BCUT2D eigenvalue weighted by Crippen LogP contribution is 2.17. The smallest absolute Gasteiger partial charge is 0.0487 e. The van der Waals surface area contributed by atoms with Gasteiger partial charge in [-0.05, 0) is 23.6 Å². The fourth-order valence-corrected chi connectivity index (χ4v) is 0.988. The number of hydrogen-bond acceptors (Lipinski definition) is 2. The summed E-state index contributed by atoms with van der Waals surface area (Å²) in [7, 11) is 0. The van der Waals surface area contributed by atoms with Crippen LogP contribution in [0, 0.1) is 0 Å². The van der Waals surface area contributed by atoms with Gasteiger partial charge in [0.25, 0.3) is 0 Å². The normalized spacial score (nSPS) is 9.33. The number of rotatable bonds is 2. The second-order valence-corrected chi connectivity index (χ2v) is 2.92. The molecule has 0 aromatic heterocycles. The van der Waals surface area contributed by atoms with Crippen LogP contribution < -0.4 is 11.3 Å². The average molecular weight is 231 g/mol. The summed E-state index contributed by atoms with van der Waals surface area (Å²) in [5.41, 5.74) is 4.90. The molecule has 0 fully saturated rings. The van der Waals surface area contributed by atoms with Crippen LogP contribution in [0.5, 0.6) is 0 Å². The maximum absolute atomic E-state index is 5.27. The lowest BCUT2D eigenvalue weighted by Gasteiger charge is -2.06. The molecule has 0 saturated carbocycles. The van der Waals surface area contributed by atoms with Gasteiger partial charge in [-0.2, -0.15) is 0 Å². The Morgan fingerprint density at radius 1 is 1.33 bits per heavy atom. The Morgan fingerprint density at radius 3 is 2.50 bits per heavy atom. The molecule has 0 heterocycles. The summed E-state index contributed by atoms with van der Waals surface area (Å²) in [6.07, 6.45) is 0. The van der Waals surface area contributed by atoms with Crippen LogP contribution in [0.1, 0.15) is 25.3 Å². The number of hydrazine groups is 1. The first kappa shape index (κ1) is 11.5. The zero-order valence-corrected chi connectivity index (χ0v) is 9.09. The Balaban J connectivity index is 0.00000121. The molecule has 0 aliphatic rings. The van der Waals surface area contributed by atoms with Crippen molar-refractivity contribution in [3.05, 3.63) is 29.8 Å². The van der Waals surface area contributed by atoms with E-state index in [1.807, 2.05) is 12.1 Å². The fourth-order valence-electron chi connectivity index (χ4n) is 0.988. The summed E-state index contributed by atoms with van der Waals surface area (Å²) in [4.78, 5) is 0. The van der Waals surface area contributed by atoms with Crippen LogP contribution in [-0.4, -0.2) is 0 Å². The van der Waals surface area contributed by atoms with Gasteiger partial charge in [0.1, 0.15) is 0 Å². The first-order valence-corrected chi connectivity index (χ1v) is 3.80. The minimum atomic E-state index is 0. The summed E-state index contributed by atoms with van der Waals surface area (Å²) >= 11 is 0. The highest BCUT2D eigenvalue weighted by molar-refractivity contribution is 8.93. The van der Waals surface area contributed by atoms with Crippen molar-refractivity contribution in [3.8, 4) is 0 Å². The predicted octanol–water partition coefficient (Wildman–Crippen LogP) is 2.67. The lowest BCUT2D eigenvalue weighted by molar-refractivity contribution is 0.867. The Kier molecular flexibility index (Phi) is 4.93. The molecular formula is C9H15BrN2. The monoisotopic (exact) mass is 230 g/mol. The van der Waals surface area contributed by atoms with Crippen molar-refractivity contribution in [2.75, 3.05) is 5.43 Å². The molecule has 1 rings (SSSR count). The van der Waals surface area contributed by atoms with Gasteiger partial charge in [-0.15, -0.1) is 17.0 Å². The summed E-state index contributed by atoms with van der Waals surface area (Å²) in [6, 6.07) is 8.12. The summed E-state index contributed by atoms with van der Waals surface area (Å²) in [6.45, 7) is 4.32. The van der Waals surface area contributed by atoms with Gasteiger partial charge in [0, 0.05) is 5.69 Å². The van der Waals surface area contributed by atoms with E-state index in [1.165, 1.54) is 5.56 Å². The third-order valence-corrected chi connectivity index (χ3v) is 1.72. The largest absolute Gasteiger partial charge is 0.324 e. The van der Waals surface area contributed by atoms with Gasteiger partial charge in [-0.3, -0.25) is 5.84 Å². The van der Waals surface area contributed by atoms with Crippen LogP contribution in [0.3, 0.4) is 0 Å². The maximum atomic E-state index is 5.27. The van der Waals surface area contributed by atoms with Crippen LogP contribution in [0.15, 0.2) is 24.3 Å². The molecule has 0 spiro atoms. The topological polar surface area (TPSA) is 38.0 Å². The van der Waals surface area contributed by atoms with Gasteiger partial charge in [-0.25, -0.2) is 0 Å². The number of nitrogens with two attached hydrogens (primary N) is 1. The first-order chi connectivity index (χ1) is 5.24. The Hall–Kier alpha value is -0.540. The van der Waals surface area contributed by atoms with E-state index in [1.54, 1.807) is 0 Å². The standard InChI is InChI=1S/C9H14N2.BrH/c1-7(2)8-4-3-5-9(6-8)11-10;/h3-7,11H,10H2,1-2H3;1H. The van der Waals surface area contributed by atoms with Crippen LogP contribution in [-0.2, 0) is 0 Å². The quantitative estimate of drug-likeness (QED) is 0.606. The van der Waals surface area contributed by atoms with Crippen molar-refractivity contribution in [1.82, 2.24) is 0 Å². The van der Waals surface area contributed by atoms with Crippen LogP contribution >= 0.6 is 17.0 Å². The number of benzene rings is 1. The lowest BCUT2D eigenvalue weighted by atomic mass is 10.0. The Bertz CT molecular complexity index is 236. The second-order valence-electron chi connectivity index (χ2n) is 2.92. The molecule has 1 aromatic carbocycles. The molecule has 1 aromatic rings. The van der Waals surface area contributed by atoms with Gasteiger partial charge < -0.3 is 5.43 Å². The summed E-state index contributed by atoms with van der Waals surface area (Å²) in [5.74, 6) is 5.83. The average Bonchev–Trinajstić information content (AvgIpc) is 2.05. The van der Waals surface area contributed by atoms with E-state index in [-0.39, 0.29) is 17.0 Å². The molecule has 0 aliphatic heterocycles. The SMILES string of the molecule is Br.CC(C)c1cccc(NN)c1. The number of halogens is 1. The molecule has 3 N–H and O–H groups in total. The number of nitrogens with one attached hydrogen (secondary N) is 1. The van der Waals surface area contributed by atoms with Crippen molar-refractivity contribution >= 4 is 22.7 Å². The van der Waals surface area contributed by atoms with Crippen LogP contribution in [0.2, 0.25) is 0 Å². The van der Waals surface area contributed by atoms with Crippen molar-refractivity contribution in [2.24, 2.45) is 5.84 Å². The maximum Gasteiger partial charge on any atom is 0.0487 e. The fraction of sp³-hybridized carbons (Fsp3) is 0.333. The van der Waals surface area contributed by atoms with E-state index in [0.29, 0.717) is 5.92 Å². The molecule has 12 heavy (non-hydrogen) atoms. The van der Waals surface area contributed by atoms with Crippen LogP contribution in [0.4, 0.5) is 5.69 Å². The van der Waals surface area contributed by atoms with E-state index >= 15 is 0 Å². The van der Waals surface area contributed by atoms with E-state index in [2.05, 4.69) is 31.4 Å². The van der Waals surface area contributed by atoms with Crippen molar-refractivity contribution < 1.29 is 0 Å². The van der Waals surface area contributed by atoms with Crippen molar-refractivity contribution in [1.29, 1.82) is 0 Å². The van der Waals surface area contributed by atoms with Gasteiger partial charge >= 0.3 is 0 Å². The highest BCUT2D eigenvalue weighted by atomic mass is 79.9. The molecular weight excluding hydrogens is 216 g/mol. The molecule has 0 radical (unpaired) electrons. The van der Waals surface area contributed by atoms with Gasteiger partial charge in [0.05, 0.1) is 0 Å². The molecule has 2 nitrogen and oxygen atoms in total. The molecule has 0 amide bonds. The molecule has 0 aliphatic carbocycles. The predicted molar refractivity (Wildman–Crippen MR) is 58.7 cm³/mol. The van der Waals surface area contributed by atoms with Gasteiger partial charge in [0.2, 0.25) is 0 Å². The van der Waals surface area contributed by atoms with E-state index in [0.717, 1.165) is 5.69 Å². The van der Waals surface area contributed by atoms with E-state index in [9.17, 15) is 0 Å². The van der Waals surface area contributed by atoms with E-state index in [4.69, 9.17) is 5.84 Å². The zero-order chi connectivity index (χ0) is 8.27. The number of anilines is 1.